The minimum absolute atomic E-state index is 0. The first kappa shape index (κ1) is 127. The molecule has 0 N–H and O–H groups in total. The average molecular weight is 2230 g/mol. The molecule has 36 nitrogen and oxygen atoms in total. The van der Waals surface area contributed by atoms with E-state index in [0.717, 1.165) is 37.1 Å². The molecular formula is C69H70F18K6N6O30S6. The van der Waals surface area contributed by atoms with Gasteiger partial charge in [0.05, 0.1) is 80.1 Å². The average Bonchev–Trinajstić information content (AvgIpc) is 1.50. The Hall–Kier alpha value is 1.69. The molecule has 14 aliphatic rings. The van der Waals surface area contributed by atoms with Gasteiger partial charge in [0.1, 0.15) is 32.0 Å². The molecule has 0 radical (unpaired) electrons. The molecule has 0 amide bonds. The van der Waals surface area contributed by atoms with Crippen molar-refractivity contribution in [1.29, 1.82) is 0 Å². The molecular weight excluding hydrogens is 2160 g/mol. The minimum Gasteiger partial charge on any atom is -0.861 e. The Kier molecular flexibility index (Phi) is 46.3. The fourth-order valence-electron chi connectivity index (χ4n) is 17.1. The molecule has 21 unspecified atom stereocenters. The van der Waals surface area contributed by atoms with Crippen LogP contribution < -0.4 is 339 Å². The molecule has 6 aliphatic heterocycles. The fourth-order valence-corrected chi connectivity index (χ4v) is 19.9. The first-order valence-corrected chi connectivity index (χ1v) is 46.9. The van der Waals surface area contributed by atoms with Gasteiger partial charge in [-0.15, -0.1) is 0 Å². The van der Waals surface area contributed by atoms with E-state index in [0.29, 0.717) is 107 Å². The van der Waals surface area contributed by atoms with Crippen LogP contribution in [0.15, 0.2) is 74.9 Å². The van der Waals surface area contributed by atoms with Crippen LogP contribution in [0, 0.1) is 82.3 Å². The number of sulfonamides is 6. The Morgan fingerprint density at radius 2 is 0.741 bits per heavy atom. The van der Waals surface area contributed by atoms with Crippen LogP contribution >= 0.6 is 0 Å². The van der Waals surface area contributed by atoms with Gasteiger partial charge < -0.3 is 73.3 Å². The largest absolute Gasteiger partial charge is 1.00 e. The summed E-state index contributed by atoms with van der Waals surface area (Å²) in [6, 6.07) is 9.37. The van der Waals surface area contributed by atoms with Gasteiger partial charge in [-0.1, -0.05) is 56.2 Å². The molecule has 6 saturated heterocycles. The quantitative estimate of drug-likeness (QED) is 0.0164. The van der Waals surface area contributed by atoms with Crippen LogP contribution in [0.2, 0.25) is 0 Å². The number of epoxide rings is 5. The molecule has 6 heterocycles. The van der Waals surface area contributed by atoms with E-state index < -0.39 is 187 Å². The Bertz CT molecular complexity index is 5530. The van der Waals surface area contributed by atoms with Crippen molar-refractivity contribution in [2.45, 2.75) is 166 Å². The second kappa shape index (κ2) is 49.2. The molecule has 0 spiro atoms. The number of fused-ring (bicyclic) bond motifs is 18. The number of alkyl halides is 18. The summed E-state index contributed by atoms with van der Waals surface area (Å²) in [6.45, 7) is 3.32. The van der Waals surface area contributed by atoms with Gasteiger partial charge in [0.2, 0.25) is 0 Å². The molecule has 6 bridgehead atoms. The van der Waals surface area contributed by atoms with Crippen LogP contribution in [-0.4, -0.2) is 232 Å². The van der Waals surface area contributed by atoms with Crippen LogP contribution in [-0.2, 0) is 108 Å². The van der Waals surface area contributed by atoms with E-state index in [9.17, 15) is 175 Å². The van der Waals surface area contributed by atoms with E-state index in [1.165, 1.54) is 24.3 Å². The Labute approximate surface area is 1010 Å². The summed E-state index contributed by atoms with van der Waals surface area (Å²) in [5.41, 5.74) is -36.0. The monoisotopic (exact) mass is 2230 g/mol. The van der Waals surface area contributed by atoms with E-state index in [2.05, 4.69) is 26.4 Å². The Balaban J connectivity index is 0.000000285. The van der Waals surface area contributed by atoms with Crippen molar-refractivity contribution in [3.05, 3.63) is 70.8 Å². The molecule has 21 atom stereocenters. The Morgan fingerprint density at radius 1 is 0.385 bits per heavy atom. The number of hydrogen-bond acceptors (Lipinski definition) is 30. The van der Waals surface area contributed by atoms with E-state index in [4.69, 9.17) is 42.6 Å². The minimum atomic E-state index is -6.01. The molecule has 16 rings (SSSR count). The number of carbonyl (C=O) groups excluding carboxylic acids is 3. The predicted molar refractivity (Wildman–Crippen MR) is 382 cm³/mol. The van der Waals surface area contributed by atoms with Crippen LogP contribution in [0.25, 0.3) is 0 Å². The molecule has 8 aliphatic carbocycles. The van der Waals surface area contributed by atoms with Crippen molar-refractivity contribution in [1.82, 2.24) is 0 Å². The summed E-state index contributed by atoms with van der Waals surface area (Å²) < 4.78 is 410. The second-order valence-corrected chi connectivity index (χ2v) is 41.8. The van der Waals surface area contributed by atoms with Crippen molar-refractivity contribution < 1.29 is 525 Å². The number of halogens is 18. The zero-order valence-corrected chi connectivity index (χ0v) is 95.0. The summed E-state index contributed by atoms with van der Waals surface area (Å²) in [4.78, 5) is 35.9. The normalized spacial score (nSPS) is 30.6. The number of nitrogens with zero attached hydrogens (tertiary/aromatic N) is 6. The van der Waals surface area contributed by atoms with Crippen LogP contribution in [0.3, 0.4) is 0 Å². The van der Waals surface area contributed by atoms with Gasteiger partial charge in [-0.3, -0.25) is 4.79 Å². The van der Waals surface area contributed by atoms with Gasteiger partial charge in [0.25, 0.3) is 0 Å². The Morgan fingerprint density at radius 3 is 1.14 bits per heavy atom. The SMILES string of the molecule is CC1(COC(=O)c2ccccc2C([O-])=NS(=O)(=O)C(F)(F)F)COC1.O=C(OCC1CO1)C1CCCCC1C([O-])=NS(=O)(=O)C(F)(F)F.O=C(OCC1CO1)c1ccccc1C([O-])=NS(=O)(=O)C(F)(F)F.O=S(=O)(N=C([O-])C1CC2CC1C1C3CC(C4OC34)C21)C(F)(F)F.O=S(=O)(N=C([O-])C1CC2CC1C1OC21)C(F)(F)F.O=S(=O)(N=C([O-])C1CCC2OC2C1)C(F)(F)F.[K+].[K+].[K+].[K+].[K+].[K+]. The number of benzene rings is 2. The van der Waals surface area contributed by atoms with Crippen molar-refractivity contribution >= 4 is 113 Å². The van der Waals surface area contributed by atoms with Crippen molar-refractivity contribution in [3.63, 3.8) is 0 Å². The molecule has 2 aromatic carbocycles. The van der Waals surface area contributed by atoms with E-state index in [1.54, 1.807) is 6.92 Å². The summed E-state index contributed by atoms with van der Waals surface area (Å²) in [5, 5.41) is 70.4. The third kappa shape index (κ3) is 31.9. The van der Waals surface area contributed by atoms with Crippen LogP contribution in [0.4, 0.5) is 79.0 Å². The van der Waals surface area contributed by atoms with Crippen molar-refractivity contribution in [2.24, 2.45) is 109 Å². The molecule has 0 aromatic heterocycles. The maximum atomic E-state index is 12.4. The zero-order valence-electron chi connectivity index (χ0n) is 71.4. The number of carbonyl (C=O) groups is 3. The third-order valence-corrected chi connectivity index (χ3v) is 29.4. The maximum Gasteiger partial charge on any atom is 1.00 e. The maximum absolute atomic E-state index is 12.4. The van der Waals surface area contributed by atoms with Gasteiger partial charge in [-0.05, 0) is 165 Å². The van der Waals surface area contributed by atoms with E-state index >= 15 is 0 Å². The van der Waals surface area contributed by atoms with E-state index in [1.807, 2.05) is 0 Å². The van der Waals surface area contributed by atoms with Gasteiger partial charge in [0, 0.05) is 34.3 Å². The summed E-state index contributed by atoms with van der Waals surface area (Å²) >= 11 is 0. The molecule has 8 saturated carbocycles. The standard InChI is InChI=1S/C14H14F3NO6S.C14H16F3NO4S.C12H16F3NO6S.C12H10F3NO6S.C9H10F3NO4S.C8H10F3NO4S.6K/c1-13(6-23-7-13)8-24-12(20)10-5-3-2-4-9(10)11(19)18-25(21,22)14(15,16)17;15-14(16,17)23(20,21)18-13(19)6-2-4-1-5(6)10-8-3-7(9(4)10)11-12(8)22-11;2*13-12(14,15)23(19,20)16-10(17)8-3-1-2-4-9(8)11(18)22-6-7-5-21-7;10-9(11,12)18(15,16)13-8(14)5-2-3-1-4(5)7-6(3)17-7;9-8(10,11)17(14,15)12-7(13)4-1-2-5-6(3-4)16-5;;;;;;/h2-5H,6-8H2,1H3,(H,18,19);4-12H,1-3H2,(H,18,19);7-9H,1-6H2,(H,16,17);1-4,7H,5-6H2,(H,16,17);3-7H,1-2H2,(H,13,14);4-6H,1-3H2,(H,12,13);;;;;;/q;;;;;;6*+1/p-6. The predicted octanol–water partition coefficient (Wildman–Crippen LogP) is -15.5. The van der Waals surface area contributed by atoms with Crippen LogP contribution in [0.1, 0.15) is 116 Å². The van der Waals surface area contributed by atoms with E-state index in [-0.39, 0.29) is 424 Å². The number of hydrogen-bond donors (Lipinski definition) is 0. The first-order chi connectivity index (χ1) is 59.3. The molecule has 135 heavy (non-hydrogen) atoms. The molecule has 66 heteroatoms. The van der Waals surface area contributed by atoms with Crippen molar-refractivity contribution in [3.8, 4) is 0 Å². The number of esters is 3. The van der Waals surface area contributed by atoms with Gasteiger partial charge >= 0.3 is 419 Å². The first-order valence-electron chi connectivity index (χ1n) is 38.2. The molecule has 14 fully saturated rings. The summed E-state index contributed by atoms with van der Waals surface area (Å²) in [7, 11) is -35.1. The van der Waals surface area contributed by atoms with Gasteiger partial charge in [-0.2, -0.15) is 156 Å². The molecule has 2 aromatic rings. The smallest absolute Gasteiger partial charge is 0.861 e. The topological polar surface area (TPSA) is 568 Å². The van der Waals surface area contributed by atoms with Crippen molar-refractivity contribution in [2.75, 3.05) is 46.2 Å². The third-order valence-electron chi connectivity index (χ3n) is 23.4. The number of rotatable bonds is 21. The van der Waals surface area contributed by atoms with Gasteiger partial charge in [0.15, 0.2) is 0 Å². The van der Waals surface area contributed by atoms with Gasteiger partial charge in [-0.25, -0.2) is 9.59 Å². The summed E-state index contributed by atoms with van der Waals surface area (Å²) in [5.74, 6) is -13.4. The van der Waals surface area contributed by atoms with Crippen LogP contribution in [0.5, 0.6) is 0 Å². The fraction of sp³-hybridized carbons (Fsp3) is 0.696. The summed E-state index contributed by atoms with van der Waals surface area (Å²) in [6.07, 6.45) is 6.22. The zero-order chi connectivity index (χ0) is 95.8. The second-order valence-electron chi connectivity index (χ2n) is 32.2. The molecule has 724 valence electrons. The number of ether oxygens (including phenoxy) is 9.